The lowest BCUT2D eigenvalue weighted by Gasteiger charge is -2.20. The SMILES string of the molecule is C1CC(c2nnc(C3CCNC3)o2)C1. The number of nitrogens with zero attached hydrogens (tertiary/aromatic N) is 2. The molecule has 1 atom stereocenters. The first-order valence-corrected chi connectivity index (χ1v) is 5.47. The number of aromatic nitrogens is 2. The quantitative estimate of drug-likeness (QED) is 0.771. The molecule has 1 aromatic heterocycles. The van der Waals surface area contributed by atoms with E-state index >= 15 is 0 Å². The fourth-order valence-corrected chi connectivity index (χ4v) is 2.10. The minimum Gasteiger partial charge on any atom is -0.425 e. The predicted octanol–water partition coefficient (Wildman–Crippen LogP) is 1.41. The van der Waals surface area contributed by atoms with Crippen molar-refractivity contribution in [2.24, 2.45) is 0 Å². The molecule has 1 N–H and O–H groups in total. The van der Waals surface area contributed by atoms with Crippen molar-refractivity contribution in [3.8, 4) is 0 Å². The van der Waals surface area contributed by atoms with Crippen LogP contribution in [-0.2, 0) is 0 Å². The molecule has 1 aliphatic heterocycles. The van der Waals surface area contributed by atoms with Crippen LogP contribution in [0.25, 0.3) is 0 Å². The molecule has 2 heterocycles. The van der Waals surface area contributed by atoms with Crippen LogP contribution in [0, 0.1) is 0 Å². The normalized spacial score (nSPS) is 27.9. The maximum atomic E-state index is 5.71. The molecule has 0 amide bonds. The van der Waals surface area contributed by atoms with Crippen LogP contribution in [0.4, 0.5) is 0 Å². The van der Waals surface area contributed by atoms with Gasteiger partial charge >= 0.3 is 0 Å². The van der Waals surface area contributed by atoms with E-state index in [1.54, 1.807) is 0 Å². The first-order valence-electron chi connectivity index (χ1n) is 5.47. The summed E-state index contributed by atoms with van der Waals surface area (Å²) in [5.74, 6) is 2.73. The van der Waals surface area contributed by atoms with Gasteiger partial charge in [0, 0.05) is 12.5 Å². The van der Waals surface area contributed by atoms with Gasteiger partial charge in [-0.3, -0.25) is 0 Å². The third-order valence-electron chi connectivity index (χ3n) is 3.32. The van der Waals surface area contributed by atoms with Crippen LogP contribution < -0.4 is 5.32 Å². The molecule has 0 aromatic carbocycles. The van der Waals surface area contributed by atoms with Gasteiger partial charge in [-0.25, -0.2) is 0 Å². The van der Waals surface area contributed by atoms with E-state index in [1.807, 2.05) is 0 Å². The predicted molar refractivity (Wildman–Crippen MR) is 51.1 cm³/mol. The van der Waals surface area contributed by atoms with E-state index in [1.165, 1.54) is 19.3 Å². The van der Waals surface area contributed by atoms with Crippen molar-refractivity contribution in [1.29, 1.82) is 0 Å². The number of nitrogens with one attached hydrogen (secondary N) is 1. The van der Waals surface area contributed by atoms with Crippen LogP contribution in [0.1, 0.15) is 49.3 Å². The van der Waals surface area contributed by atoms with E-state index in [9.17, 15) is 0 Å². The molecule has 3 rings (SSSR count). The molecule has 14 heavy (non-hydrogen) atoms. The molecule has 76 valence electrons. The molecular weight excluding hydrogens is 178 g/mol. The van der Waals surface area contributed by atoms with Crippen LogP contribution in [0.15, 0.2) is 4.42 Å². The van der Waals surface area contributed by atoms with Crippen molar-refractivity contribution in [1.82, 2.24) is 15.5 Å². The molecule has 0 radical (unpaired) electrons. The lowest BCUT2D eigenvalue weighted by Crippen LogP contribution is -2.09. The van der Waals surface area contributed by atoms with Gasteiger partial charge in [-0.1, -0.05) is 6.42 Å². The topological polar surface area (TPSA) is 51.0 Å². The van der Waals surface area contributed by atoms with E-state index < -0.39 is 0 Å². The molecule has 2 aliphatic rings. The highest BCUT2D eigenvalue weighted by Gasteiger charge is 2.28. The van der Waals surface area contributed by atoms with Gasteiger partial charge in [0.25, 0.3) is 0 Å². The maximum Gasteiger partial charge on any atom is 0.220 e. The van der Waals surface area contributed by atoms with Gasteiger partial charge in [-0.05, 0) is 25.8 Å². The van der Waals surface area contributed by atoms with Gasteiger partial charge in [0.1, 0.15) is 0 Å². The fraction of sp³-hybridized carbons (Fsp3) is 0.800. The zero-order valence-corrected chi connectivity index (χ0v) is 8.20. The molecular formula is C10H15N3O. The third-order valence-corrected chi connectivity index (χ3v) is 3.32. The van der Waals surface area contributed by atoms with Gasteiger partial charge in [-0.2, -0.15) is 0 Å². The Morgan fingerprint density at radius 1 is 1.07 bits per heavy atom. The Balaban J connectivity index is 1.75. The zero-order valence-electron chi connectivity index (χ0n) is 8.20. The summed E-state index contributed by atoms with van der Waals surface area (Å²) in [4.78, 5) is 0. The molecule has 2 fully saturated rings. The second-order valence-electron chi connectivity index (χ2n) is 4.30. The third kappa shape index (κ3) is 1.34. The Labute approximate surface area is 83.1 Å². The molecule has 1 saturated carbocycles. The van der Waals surface area contributed by atoms with E-state index in [2.05, 4.69) is 15.5 Å². The van der Waals surface area contributed by atoms with Crippen LogP contribution in [0.5, 0.6) is 0 Å². The molecule has 1 aromatic rings. The highest BCUT2D eigenvalue weighted by Crippen LogP contribution is 2.36. The summed E-state index contributed by atoms with van der Waals surface area (Å²) in [5.41, 5.74) is 0. The van der Waals surface area contributed by atoms with Crippen molar-refractivity contribution in [3.63, 3.8) is 0 Å². The summed E-state index contributed by atoms with van der Waals surface area (Å²) in [6, 6.07) is 0. The van der Waals surface area contributed by atoms with Gasteiger partial charge in [0.05, 0.1) is 5.92 Å². The van der Waals surface area contributed by atoms with Crippen molar-refractivity contribution >= 4 is 0 Å². The molecule has 1 saturated heterocycles. The molecule has 4 heteroatoms. The Morgan fingerprint density at radius 3 is 2.43 bits per heavy atom. The van der Waals surface area contributed by atoms with Crippen molar-refractivity contribution in [2.75, 3.05) is 13.1 Å². The summed E-state index contributed by atoms with van der Waals surface area (Å²) >= 11 is 0. The first kappa shape index (κ1) is 8.41. The standard InChI is InChI=1S/C10H15N3O/c1-2-7(3-1)9-12-13-10(14-9)8-4-5-11-6-8/h7-8,11H,1-6H2. The van der Waals surface area contributed by atoms with Crippen molar-refractivity contribution in [3.05, 3.63) is 11.8 Å². The van der Waals surface area contributed by atoms with E-state index in [0.29, 0.717) is 11.8 Å². The molecule has 0 bridgehead atoms. The van der Waals surface area contributed by atoms with E-state index in [0.717, 1.165) is 31.3 Å². The van der Waals surface area contributed by atoms with Gasteiger partial charge < -0.3 is 9.73 Å². The summed E-state index contributed by atoms with van der Waals surface area (Å²) in [6.07, 6.45) is 4.90. The smallest absolute Gasteiger partial charge is 0.220 e. The van der Waals surface area contributed by atoms with E-state index in [4.69, 9.17) is 4.42 Å². The fourth-order valence-electron chi connectivity index (χ4n) is 2.10. The molecule has 1 unspecified atom stereocenters. The molecule has 0 spiro atoms. The van der Waals surface area contributed by atoms with Crippen molar-refractivity contribution in [2.45, 2.75) is 37.5 Å². The zero-order chi connectivity index (χ0) is 9.38. The summed E-state index contributed by atoms with van der Waals surface area (Å²) in [6.45, 7) is 2.07. The Kier molecular flexibility index (Phi) is 2.01. The Hall–Kier alpha value is -0.900. The average Bonchev–Trinajstić information content (AvgIpc) is 2.65. The minimum absolute atomic E-state index is 0.455. The lowest BCUT2D eigenvalue weighted by atomic mass is 9.85. The number of hydrogen-bond acceptors (Lipinski definition) is 4. The van der Waals surface area contributed by atoms with Crippen LogP contribution in [-0.4, -0.2) is 23.3 Å². The second kappa shape index (κ2) is 3.35. The first-order chi connectivity index (χ1) is 6.93. The minimum atomic E-state index is 0.455. The monoisotopic (exact) mass is 193 g/mol. The highest BCUT2D eigenvalue weighted by atomic mass is 16.4. The maximum absolute atomic E-state index is 5.71. The lowest BCUT2D eigenvalue weighted by molar-refractivity contribution is 0.319. The van der Waals surface area contributed by atoms with E-state index in [-0.39, 0.29) is 0 Å². The Morgan fingerprint density at radius 2 is 1.86 bits per heavy atom. The summed E-state index contributed by atoms with van der Waals surface area (Å²) in [7, 11) is 0. The van der Waals surface area contributed by atoms with Crippen LogP contribution >= 0.6 is 0 Å². The summed E-state index contributed by atoms with van der Waals surface area (Å²) < 4.78 is 5.71. The van der Waals surface area contributed by atoms with Gasteiger partial charge in [-0.15, -0.1) is 10.2 Å². The van der Waals surface area contributed by atoms with Crippen molar-refractivity contribution < 1.29 is 4.42 Å². The van der Waals surface area contributed by atoms with Gasteiger partial charge in [0.2, 0.25) is 11.8 Å². The largest absolute Gasteiger partial charge is 0.425 e. The Bertz CT molecular complexity index is 313. The van der Waals surface area contributed by atoms with Crippen LogP contribution in [0.2, 0.25) is 0 Å². The molecule has 4 nitrogen and oxygen atoms in total. The number of hydrogen-bond donors (Lipinski definition) is 1. The second-order valence-corrected chi connectivity index (χ2v) is 4.30. The summed E-state index contributed by atoms with van der Waals surface area (Å²) in [5, 5.41) is 11.6. The number of rotatable bonds is 2. The highest BCUT2D eigenvalue weighted by molar-refractivity contribution is 5.00. The molecule has 1 aliphatic carbocycles. The van der Waals surface area contributed by atoms with Crippen LogP contribution in [0.3, 0.4) is 0 Å². The average molecular weight is 193 g/mol. The van der Waals surface area contributed by atoms with Gasteiger partial charge in [0.15, 0.2) is 0 Å².